The second-order valence-electron chi connectivity index (χ2n) is 4.04. The van der Waals surface area contributed by atoms with Crippen LogP contribution < -0.4 is 0 Å². The van der Waals surface area contributed by atoms with Gasteiger partial charge in [-0.3, -0.25) is 10.1 Å². The molecule has 0 atom stereocenters. The first-order valence-corrected chi connectivity index (χ1v) is 4.91. The maximum Gasteiger partial charge on any atom is 0.0716 e. The summed E-state index contributed by atoms with van der Waals surface area (Å²) in [7, 11) is 0. The van der Waals surface area contributed by atoms with Crippen molar-refractivity contribution in [2.45, 2.75) is 33.6 Å². The fraction of sp³-hybridized carbons (Fsp3) is 0.455. The van der Waals surface area contributed by atoms with Crippen molar-refractivity contribution < 1.29 is 0 Å². The second-order valence-corrected chi connectivity index (χ2v) is 4.04. The van der Waals surface area contributed by atoms with Crippen LogP contribution in [0.15, 0.2) is 6.20 Å². The van der Waals surface area contributed by atoms with Crippen molar-refractivity contribution in [3.05, 3.63) is 23.1 Å². The fourth-order valence-electron chi connectivity index (χ4n) is 1.76. The molecular weight excluding hydrogens is 174 g/mol. The van der Waals surface area contributed by atoms with Gasteiger partial charge in [-0.05, 0) is 25.3 Å². The Morgan fingerprint density at radius 3 is 2.64 bits per heavy atom. The minimum atomic E-state index is 0.439. The molecule has 2 heterocycles. The first-order chi connectivity index (χ1) is 6.61. The molecule has 0 amide bonds. The quantitative estimate of drug-likeness (QED) is 0.749. The van der Waals surface area contributed by atoms with Crippen LogP contribution in [0.1, 0.15) is 36.7 Å². The van der Waals surface area contributed by atoms with E-state index in [1.807, 2.05) is 13.1 Å². The lowest BCUT2D eigenvalue weighted by Crippen LogP contribution is -1.95. The number of nitrogens with zero attached hydrogens (tertiary/aromatic N) is 2. The van der Waals surface area contributed by atoms with Crippen LogP contribution in [0.5, 0.6) is 0 Å². The van der Waals surface area contributed by atoms with Crippen molar-refractivity contribution in [2.75, 3.05) is 0 Å². The van der Waals surface area contributed by atoms with Crippen molar-refractivity contribution in [3.8, 4) is 0 Å². The Bertz CT molecular complexity index is 469. The predicted molar refractivity (Wildman–Crippen MR) is 57.5 cm³/mol. The highest BCUT2D eigenvalue weighted by Crippen LogP contribution is 2.26. The van der Waals surface area contributed by atoms with E-state index in [9.17, 15) is 0 Å². The van der Waals surface area contributed by atoms with E-state index >= 15 is 0 Å². The second kappa shape index (κ2) is 3.08. The van der Waals surface area contributed by atoms with E-state index in [0.29, 0.717) is 5.92 Å². The standard InChI is InChI=1S/C11H15N3/c1-6(2)10-9-8(4)13-14-11(9)7(3)5-12-10/h5-6H,1-4H3,(H,13,14). The summed E-state index contributed by atoms with van der Waals surface area (Å²) in [6.07, 6.45) is 1.91. The van der Waals surface area contributed by atoms with E-state index in [2.05, 4.69) is 36.0 Å². The predicted octanol–water partition coefficient (Wildman–Crippen LogP) is 2.70. The third kappa shape index (κ3) is 1.20. The zero-order valence-electron chi connectivity index (χ0n) is 9.05. The fourth-order valence-corrected chi connectivity index (χ4v) is 1.76. The summed E-state index contributed by atoms with van der Waals surface area (Å²) < 4.78 is 0. The third-order valence-electron chi connectivity index (χ3n) is 2.54. The largest absolute Gasteiger partial charge is 0.277 e. The number of rotatable bonds is 1. The van der Waals surface area contributed by atoms with E-state index in [4.69, 9.17) is 0 Å². The van der Waals surface area contributed by atoms with Crippen LogP contribution in [0.3, 0.4) is 0 Å². The molecule has 0 aliphatic rings. The Morgan fingerprint density at radius 1 is 1.29 bits per heavy atom. The van der Waals surface area contributed by atoms with Crippen molar-refractivity contribution in [3.63, 3.8) is 0 Å². The molecule has 74 valence electrons. The molecule has 2 aromatic rings. The average Bonchev–Trinajstić information content (AvgIpc) is 2.50. The number of nitrogens with one attached hydrogen (secondary N) is 1. The summed E-state index contributed by atoms with van der Waals surface area (Å²) in [5.74, 6) is 0.439. The molecule has 14 heavy (non-hydrogen) atoms. The van der Waals surface area contributed by atoms with E-state index in [1.165, 1.54) is 5.39 Å². The molecule has 1 N–H and O–H groups in total. The number of aromatic amines is 1. The number of H-pyrrole nitrogens is 1. The van der Waals surface area contributed by atoms with Crippen LogP contribution in [-0.2, 0) is 0 Å². The normalized spacial score (nSPS) is 11.5. The van der Waals surface area contributed by atoms with Crippen molar-refractivity contribution >= 4 is 10.9 Å². The molecule has 0 aliphatic heterocycles. The number of pyridine rings is 1. The van der Waals surface area contributed by atoms with Gasteiger partial charge in [-0.1, -0.05) is 13.8 Å². The smallest absolute Gasteiger partial charge is 0.0716 e. The van der Waals surface area contributed by atoms with E-state index in [0.717, 1.165) is 22.5 Å². The van der Waals surface area contributed by atoms with Crippen LogP contribution in [-0.4, -0.2) is 15.2 Å². The van der Waals surface area contributed by atoms with Gasteiger partial charge in [-0.15, -0.1) is 0 Å². The van der Waals surface area contributed by atoms with Gasteiger partial charge in [0.25, 0.3) is 0 Å². The van der Waals surface area contributed by atoms with Crippen LogP contribution in [0.2, 0.25) is 0 Å². The summed E-state index contributed by atoms with van der Waals surface area (Å²) in [6.45, 7) is 8.38. The van der Waals surface area contributed by atoms with Crippen LogP contribution in [0.25, 0.3) is 10.9 Å². The van der Waals surface area contributed by atoms with E-state index in [-0.39, 0.29) is 0 Å². The number of aryl methyl sites for hydroxylation is 2. The Balaban J connectivity index is 2.85. The molecule has 0 saturated carbocycles. The first-order valence-electron chi connectivity index (χ1n) is 4.91. The van der Waals surface area contributed by atoms with Gasteiger partial charge in [0.2, 0.25) is 0 Å². The molecule has 0 radical (unpaired) electrons. The molecule has 0 aromatic carbocycles. The third-order valence-corrected chi connectivity index (χ3v) is 2.54. The molecule has 3 heteroatoms. The summed E-state index contributed by atoms with van der Waals surface area (Å²) >= 11 is 0. The van der Waals surface area contributed by atoms with Crippen molar-refractivity contribution in [1.29, 1.82) is 0 Å². The van der Waals surface area contributed by atoms with Crippen LogP contribution >= 0.6 is 0 Å². The van der Waals surface area contributed by atoms with Gasteiger partial charge in [0.05, 0.1) is 16.9 Å². The lowest BCUT2D eigenvalue weighted by Gasteiger charge is -2.07. The Labute approximate surface area is 83.6 Å². The van der Waals surface area contributed by atoms with Gasteiger partial charge in [-0.25, -0.2) is 0 Å². The van der Waals surface area contributed by atoms with Gasteiger partial charge < -0.3 is 0 Å². The molecule has 0 saturated heterocycles. The lowest BCUT2D eigenvalue weighted by atomic mass is 10.0. The highest BCUT2D eigenvalue weighted by molar-refractivity contribution is 5.86. The first kappa shape index (κ1) is 9.19. The van der Waals surface area contributed by atoms with E-state index < -0.39 is 0 Å². The summed E-state index contributed by atoms with van der Waals surface area (Å²) in [5, 5.41) is 8.49. The Hall–Kier alpha value is -1.38. The van der Waals surface area contributed by atoms with Crippen molar-refractivity contribution in [2.24, 2.45) is 0 Å². The maximum atomic E-state index is 4.48. The molecule has 0 bridgehead atoms. The zero-order valence-corrected chi connectivity index (χ0v) is 9.05. The molecule has 2 rings (SSSR count). The van der Waals surface area contributed by atoms with Gasteiger partial charge in [-0.2, -0.15) is 5.10 Å². The number of aromatic nitrogens is 3. The number of hydrogen-bond donors (Lipinski definition) is 1. The molecule has 3 nitrogen and oxygen atoms in total. The molecular formula is C11H15N3. The molecule has 0 fully saturated rings. The number of hydrogen-bond acceptors (Lipinski definition) is 2. The highest BCUT2D eigenvalue weighted by Gasteiger charge is 2.12. The molecule has 0 aliphatic carbocycles. The van der Waals surface area contributed by atoms with Crippen LogP contribution in [0.4, 0.5) is 0 Å². The minimum Gasteiger partial charge on any atom is -0.277 e. The Morgan fingerprint density at radius 2 is 2.00 bits per heavy atom. The lowest BCUT2D eigenvalue weighted by molar-refractivity contribution is 0.832. The van der Waals surface area contributed by atoms with Crippen molar-refractivity contribution in [1.82, 2.24) is 15.2 Å². The van der Waals surface area contributed by atoms with Gasteiger partial charge in [0, 0.05) is 11.6 Å². The van der Waals surface area contributed by atoms with Gasteiger partial charge >= 0.3 is 0 Å². The topological polar surface area (TPSA) is 41.6 Å². The summed E-state index contributed by atoms with van der Waals surface area (Å²) in [6, 6.07) is 0. The molecule has 2 aromatic heterocycles. The van der Waals surface area contributed by atoms with Gasteiger partial charge in [0.15, 0.2) is 0 Å². The highest BCUT2D eigenvalue weighted by atomic mass is 15.1. The van der Waals surface area contributed by atoms with Gasteiger partial charge in [0.1, 0.15) is 0 Å². The van der Waals surface area contributed by atoms with E-state index in [1.54, 1.807) is 0 Å². The van der Waals surface area contributed by atoms with Crippen LogP contribution in [0, 0.1) is 13.8 Å². The monoisotopic (exact) mass is 189 g/mol. The molecule has 0 spiro atoms. The average molecular weight is 189 g/mol. The summed E-state index contributed by atoms with van der Waals surface area (Å²) in [5.41, 5.74) is 4.46. The zero-order chi connectivity index (χ0) is 10.3. The SMILES string of the molecule is Cc1cnc(C(C)C)c2c(C)n[nH]c12. The number of fused-ring (bicyclic) bond motifs is 1. The molecule has 0 unspecified atom stereocenters. The summed E-state index contributed by atoms with van der Waals surface area (Å²) in [4.78, 5) is 4.48. The Kier molecular flexibility index (Phi) is 2.02. The maximum absolute atomic E-state index is 4.48. The minimum absolute atomic E-state index is 0.439.